The number of ketones is 1. The van der Waals surface area contributed by atoms with Crippen molar-refractivity contribution in [1.82, 2.24) is 0 Å². The van der Waals surface area contributed by atoms with E-state index < -0.39 is 0 Å². The molecular formula is C15H20O4. The van der Waals surface area contributed by atoms with Gasteiger partial charge in [-0.15, -0.1) is 0 Å². The lowest BCUT2D eigenvalue weighted by molar-refractivity contribution is 0.0899. The van der Waals surface area contributed by atoms with Gasteiger partial charge in [0.2, 0.25) is 0 Å². The SMILES string of the molecule is CCOc1ccc(C(=O)C2CCOC2)cc1OCC. The first-order valence-electron chi connectivity index (χ1n) is 6.77. The molecule has 1 aromatic rings. The van der Waals surface area contributed by atoms with Crippen molar-refractivity contribution in [3.63, 3.8) is 0 Å². The highest BCUT2D eigenvalue weighted by atomic mass is 16.5. The normalized spacial score (nSPS) is 18.3. The van der Waals surface area contributed by atoms with Gasteiger partial charge in [-0.2, -0.15) is 0 Å². The fourth-order valence-corrected chi connectivity index (χ4v) is 2.18. The Labute approximate surface area is 113 Å². The standard InChI is InChI=1S/C15H20O4/c1-3-18-13-6-5-11(9-14(13)19-4-2)15(16)12-7-8-17-10-12/h5-6,9,12H,3-4,7-8,10H2,1-2H3. The molecule has 1 aliphatic heterocycles. The first kappa shape index (κ1) is 13.9. The Kier molecular flexibility index (Phi) is 4.80. The second-order valence-electron chi connectivity index (χ2n) is 4.45. The minimum atomic E-state index is -0.0209. The molecule has 0 aromatic heterocycles. The van der Waals surface area contributed by atoms with Crippen molar-refractivity contribution < 1.29 is 19.0 Å². The van der Waals surface area contributed by atoms with Gasteiger partial charge in [0.15, 0.2) is 17.3 Å². The molecule has 104 valence electrons. The molecule has 0 amide bonds. The van der Waals surface area contributed by atoms with Gasteiger partial charge in [-0.25, -0.2) is 0 Å². The molecule has 1 fully saturated rings. The number of Topliss-reactive ketones (excluding diaryl/α,β-unsaturated/α-hetero) is 1. The molecule has 0 spiro atoms. The van der Waals surface area contributed by atoms with Crippen molar-refractivity contribution >= 4 is 5.78 Å². The number of rotatable bonds is 6. The smallest absolute Gasteiger partial charge is 0.168 e. The lowest BCUT2D eigenvalue weighted by Crippen LogP contribution is -2.14. The number of carbonyl (C=O) groups is 1. The van der Waals surface area contributed by atoms with Crippen molar-refractivity contribution in [1.29, 1.82) is 0 Å². The number of carbonyl (C=O) groups excluding carboxylic acids is 1. The van der Waals surface area contributed by atoms with Gasteiger partial charge >= 0.3 is 0 Å². The van der Waals surface area contributed by atoms with Crippen LogP contribution in [-0.4, -0.2) is 32.2 Å². The van der Waals surface area contributed by atoms with Gasteiger partial charge in [-0.1, -0.05) is 0 Å². The van der Waals surface area contributed by atoms with E-state index >= 15 is 0 Å². The molecule has 4 nitrogen and oxygen atoms in total. The van der Waals surface area contributed by atoms with E-state index in [4.69, 9.17) is 14.2 Å². The molecule has 0 radical (unpaired) electrons. The highest BCUT2D eigenvalue weighted by Gasteiger charge is 2.25. The highest BCUT2D eigenvalue weighted by Crippen LogP contribution is 2.30. The lowest BCUT2D eigenvalue weighted by Gasteiger charge is -2.13. The molecule has 0 saturated carbocycles. The highest BCUT2D eigenvalue weighted by molar-refractivity contribution is 5.98. The second kappa shape index (κ2) is 6.57. The van der Waals surface area contributed by atoms with E-state index in [1.165, 1.54) is 0 Å². The fourth-order valence-electron chi connectivity index (χ4n) is 2.18. The van der Waals surface area contributed by atoms with Crippen LogP contribution in [0.3, 0.4) is 0 Å². The first-order chi connectivity index (χ1) is 9.26. The Morgan fingerprint density at radius 1 is 1.26 bits per heavy atom. The van der Waals surface area contributed by atoms with Crippen molar-refractivity contribution in [2.45, 2.75) is 20.3 Å². The van der Waals surface area contributed by atoms with Crippen LogP contribution in [-0.2, 0) is 4.74 Å². The zero-order valence-corrected chi connectivity index (χ0v) is 11.5. The zero-order valence-electron chi connectivity index (χ0n) is 11.5. The molecule has 4 heteroatoms. The molecule has 2 rings (SSSR count). The summed E-state index contributed by atoms with van der Waals surface area (Å²) in [5.41, 5.74) is 0.669. The third-order valence-corrected chi connectivity index (χ3v) is 3.13. The van der Waals surface area contributed by atoms with E-state index in [1.54, 1.807) is 18.2 Å². The van der Waals surface area contributed by atoms with Crippen LogP contribution in [0.2, 0.25) is 0 Å². The summed E-state index contributed by atoms with van der Waals surface area (Å²) >= 11 is 0. The monoisotopic (exact) mass is 264 g/mol. The van der Waals surface area contributed by atoms with E-state index in [9.17, 15) is 4.79 Å². The summed E-state index contributed by atoms with van der Waals surface area (Å²) in [5.74, 6) is 1.42. The summed E-state index contributed by atoms with van der Waals surface area (Å²) in [6.45, 7) is 6.15. The van der Waals surface area contributed by atoms with Crippen LogP contribution in [0, 0.1) is 5.92 Å². The van der Waals surface area contributed by atoms with Crippen LogP contribution < -0.4 is 9.47 Å². The van der Waals surface area contributed by atoms with Crippen LogP contribution in [0.25, 0.3) is 0 Å². The fraction of sp³-hybridized carbons (Fsp3) is 0.533. The van der Waals surface area contributed by atoms with Gasteiger partial charge in [0, 0.05) is 18.1 Å². The third-order valence-electron chi connectivity index (χ3n) is 3.13. The van der Waals surface area contributed by atoms with E-state index in [0.29, 0.717) is 43.5 Å². The maximum absolute atomic E-state index is 12.3. The van der Waals surface area contributed by atoms with E-state index in [-0.39, 0.29) is 11.7 Å². The maximum atomic E-state index is 12.3. The first-order valence-corrected chi connectivity index (χ1v) is 6.77. The predicted octanol–water partition coefficient (Wildman–Crippen LogP) is 2.70. The molecule has 1 atom stereocenters. The quantitative estimate of drug-likeness (QED) is 0.741. The Bertz CT molecular complexity index is 436. The van der Waals surface area contributed by atoms with E-state index in [0.717, 1.165) is 6.42 Å². The molecule has 0 N–H and O–H groups in total. The number of benzene rings is 1. The lowest BCUT2D eigenvalue weighted by atomic mass is 9.97. The average Bonchev–Trinajstić information content (AvgIpc) is 2.94. The molecule has 0 bridgehead atoms. The molecule has 1 aromatic carbocycles. The predicted molar refractivity (Wildman–Crippen MR) is 72.0 cm³/mol. The molecule has 1 unspecified atom stereocenters. The van der Waals surface area contributed by atoms with Crippen LogP contribution in [0.1, 0.15) is 30.6 Å². The largest absolute Gasteiger partial charge is 0.490 e. The van der Waals surface area contributed by atoms with Gasteiger partial charge in [0.1, 0.15) is 0 Å². The zero-order chi connectivity index (χ0) is 13.7. The molecule has 0 aliphatic carbocycles. The van der Waals surface area contributed by atoms with Crippen molar-refractivity contribution in [2.24, 2.45) is 5.92 Å². The second-order valence-corrected chi connectivity index (χ2v) is 4.45. The third kappa shape index (κ3) is 3.26. The van der Waals surface area contributed by atoms with E-state index in [1.807, 2.05) is 13.8 Å². The summed E-state index contributed by atoms with van der Waals surface area (Å²) in [6, 6.07) is 5.38. The van der Waals surface area contributed by atoms with Crippen molar-refractivity contribution in [2.75, 3.05) is 26.4 Å². The summed E-state index contributed by atoms with van der Waals surface area (Å²) in [7, 11) is 0. The summed E-state index contributed by atoms with van der Waals surface area (Å²) < 4.78 is 16.3. The molecular weight excluding hydrogens is 244 g/mol. The van der Waals surface area contributed by atoms with E-state index in [2.05, 4.69) is 0 Å². The van der Waals surface area contributed by atoms with Crippen LogP contribution in [0.15, 0.2) is 18.2 Å². The summed E-state index contributed by atoms with van der Waals surface area (Å²) in [6.07, 6.45) is 0.802. The van der Waals surface area contributed by atoms with Crippen molar-refractivity contribution in [3.8, 4) is 11.5 Å². The topological polar surface area (TPSA) is 44.8 Å². The molecule has 19 heavy (non-hydrogen) atoms. The molecule has 1 aliphatic rings. The van der Waals surface area contributed by atoms with Gasteiger partial charge < -0.3 is 14.2 Å². The van der Waals surface area contributed by atoms with Gasteiger partial charge in [-0.3, -0.25) is 4.79 Å². The average molecular weight is 264 g/mol. The van der Waals surface area contributed by atoms with Crippen LogP contribution >= 0.6 is 0 Å². The summed E-state index contributed by atoms with van der Waals surface area (Å²) in [5, 5.41) is 0. The summed E-state index contributed by atoms with van der Waals surface area (Å²) in [4.78, 5) is 12.3. The van der Waals surface area contributed by atoms with Crippen LogP contribution in [0.5, 0.6) is 11.5 Å². The number of ether oxygens (including phenoxy) is 3. The number of hydrogen-bond acceptors (Lipinski definition) is 4. The van der Waals surface area contributed by atoms with Crippen molar-refractivity contribution in [3.05, 3.63) is 23.8 Å². The Balaban J connectivity index is 2.21. The number of hydrogen-bond donors (Lipinski definition) is 0. The van der Waals surface area contributed by atoms with Gasteiger partial charge in [0.05, 0.1) is 19.8 Å². The Morgan fingerprint density at radius 3 is 2.63 bits per heavy atom. The van der Waals surface area contributed by atoms with Crippen LogP contribution in [0.4, 0.5) is 0 Å². The minimum absolute atomic E-state index is 0.0209. The van der Waals surface area contributed by atoms with Gasteiger partial charge in [-0.05, 0) is 38.5 Å². The molecule has 1 heterocycles. The Hall–Kier alpha value is -1.55. The minimum Gasteiger partial charge on any atom is -0.490 e. The maximum Gasteiger partial charge on any atom is 0.168 e. The van der Waals surface area contributed by atoms with Gasteiger partial charge in [0.25, 0.3) is 0 Å². The molecule has 1 saturated heterocycles. The Morgan fingerprint density at radius 2 is 2.00 bits per heavy atom.